The van der Waals surface area contributed by atoms with Crippen LogP contribution in [0.25, 0.3) is 10.8 Å². The molecule has 0 unspecified atom stereocenters. The van der Waals surface area contributed by atoms with Gasteiger partial charge >= 0.3 is 0 Å². The van der Waals surface area contributed by atoms with Gasteiger partial charge in [0.05, 0.1) is 19.4 Å². The maximum absolute atomic E-state index is 12.1. The number of carbonyl (C=O) groups is 1. The summed E-state index contributed by atoms with van der Waals surface area (Å²) >= 11 is 0. The molecule has 0 aliphatic heterocycles. The zero-order chi connectivity index (χ0) is 19.1. The molecule has 138 valence electrons. The van der Waals surface area contributed by atoms with Gasteiger partial charge in [-0.1, -0.05) is 48.5 Å². The van der Waals surface area contributed by atoms with E-state index in [0.717, 1.165) is 33.3 Å². The Kier molecular flexibility index (Phi) is 6.05. The fourth-order valence-electron chi connectivity index (χ4n) is 2.85. The molecule has 0 atom stereocenters. The third kappa shape index (κ3) is 4.64. The maximum Gasteiger partial charge on any atom is 0.259 e. The number of hydrazone groups is 1. The first-order valence-corrected chi connectivity index (χ1v) is 8.95. The van der Waals surface area contributed by atoms with Crippen molar-refractivity contribution in [2.45, 2.75) is 13.8 Å². The third-order valence-corrected chi connectivity index (χ3v) is 4.20. The number of nitrogens with zero attached hydrogens (tertiary/aromatic N) is 1. The van der Waals surface area contributed by atoms with Gasteiger partial charge in [0.15, 0.2) is 0 Å². The number of fused-ring (bicyclic) bond motifs is 1. The first kappa shape index (κ1) is 18.5. The number of amides is 1. The van der Waals surface area contributed by atoms with Gasteiger partial charge in [0.25, 0.3) is 5.91 Å². The zero-order valence-corrected chi connectivity index (χ0v) is 15.5. The van der Waals surface area contributed by atoms with Crippen molar-refractivity contribution in [1.29, 1.82) is 0 Å². The molecule has 27 heavy (non-hydrogen) atoms. The molecule has 0 saturated heterocycles. The van der Waals surface area contributed by atoms with E-state index in [1.54, 1.807) is 6.21 Å². The van der Waals surface area contributed by atoms with Crippen LogP contribution < -0.4 is 15.5 Å². The van der Waals surface area contributed by atoms with Crippen molar-refractivity contribution in [1.82, 2.24) is 5.43 Å². The second-order valence-corrected chi connectivity index (χ2v) is 6.09. The second kappa shape index (κ2) is 8.85. The molecule has 3 rings (SSSR count). The molecular weight excluding hydrogens is 338 g/mol. The van der Waals surface area contributed by atoms with Gasteiger partial charge < -0.3 is 10.1 Å². The SMILES string of the molecule is CCOc1ccc2ccccc2c1C=NNC(=O)CNc1ccccc1C. The van der Waals surface area contributed by atoms with Crippen LogP contribution in [0.2, 0.25) is 0 Å². The number of benzene rings is 3. The minimum absolute atomic E-state index is 0.149. The molecule has 0 saturated carbocycles. The summed E-state index contributed by atoms with van der Waals surface area (Å²) < 4.78 is 5.70. The van der Waals surface area contributed by atoms with Crippen LogP contribution >= 0.6 is 0 Å². The van der Waals surface area contributed by atoms with Gasteiger partial charge in [-0.05, 0) is 42.3 Å². The van der Waals surface area contributed by atoms with Gasteiger partial charge in [-0.25, -0.2) is 5.43 Å². The molecule has 0 aromatic heterocycles. The lowest BCUT2D eigenvalue weighted by molar-refractivity contribution is -0.119. The first-order chi connectivity index (χ1) is 13.2. The lowest BCUT2D eigenvalue weighted by Gasteiger charge is -2.10. The number of hydrogen-bond donors (Lipinski definition) is 2. The zero-order valence-electron chi connectivity index (χ0n) is 15.5. The van der Waals surface area contributed by atoms with E-state index >= 15 is 0 Å². The monoisotopic (exact) mass is 361 g/mol. The Bertz CT molecular complexity index is 967. The van der Waals surface area contributed by atoms with E-state index in [-0.39, 0.29) is 12.5 Å². The Balaban J connectivity index is 1.69. The van der Waals surface area contributed by atoms with Gasteiger partial charge in [0, 0.05) is 11.3 Å². The van der Waals surface area contributed by atoms with Gasteiger partial charge in [0.2, 0.25) is 0 Å². The van der Waals surface area contributed by atoms with Crippen molar-refractivity contribution in [2.24, 2.45) is 5.10 Å². The lowest BCUT2D eigenvalue weighted by Crippen LogP contribution is -2.26. The number of para-hydroxylation sites is 1. The standard InChI is InChI=1S/C22H23N3O2/c1-3-27-21-13-12-17-9-5-6-10-18(17)19(21)14-24-25-22(26)15-23-20-11-7-4-8-16(20)2/h4-14,23H,3,15H2,1-2H3,(H,25,26). The van der Waals surface area contributed by atoms with Crippen LogP contribution in [0.15, 0.2) is 65.8 Å². The van der Waals surface area contributed by atoms with Crippen molar-refractivity contribution in [2.75, 3.05) is 18.5 Å². The molecule has 1 amide bonds. The Morgan fingerprint density at radius 3 is 2.67 bits per heavy atom. The molecule has 0 aliphatic rings. The Morgan fingerprint density at radius 2 is 1.85 bits per heavy atom. The van der Waals surface area contributed by atoms with Gasteiger partial charge in [0.1, 0.15) is 5.75 Å². The summed E-state index contributed by atoms with van der Waals surface area (Å²) in [6.07, 6.45) is 1.64. The molecule has 5 nitrogen and oxygen atoms in total. The second-order valence-electron chi connectivity index (χ2n) is 6.09. The van der Waals surface area contributed by atoms with E-state index in [0.29, 0.717) is 6.61 Å². The molecular formula is C22H23N3O2. The average molecular weight is 361 g/mol. The van der Waals surface area contributed by atoms with Gasteiger partial charge in [-0.2, -0.15) is 5.10 Å². The van der Waals surface area contributed by atoms with Gasteiger partial charge in [-0.15, -0.1) is 0 Å². The molecule has 3 aromatic rings. The average Bonchev–Trinajstić information content (AvgIpc) is 2.69. The molecule has 5 heteroatoms. The molecule has 3 aromatic carbocycles. The molecule has 0 fully saturated rings. The van der Waals surface area contributed by atoms with E-state index in [1.165, 1.54) is 0 Å². The fraction of sp³-hybridized carbons (Fsp3) is 0.182. The Labute approximate surface area is 159 Å². The molecule has 0 aliphatic carbocycles. The molecule has 0 spiro atoms. The summed E-state index contributed by atoms with van der Waals surface area (Å²) in [6, 6.07) is 19.8. The highest BCUT2D eigenvalue weighted by atomic mass is 16.5. The van der Waals surface area contributed by atoms with Crippen molar-refractivity contribution < 1.29 is 9.53 Å². The van der Waals surface area contributed by atoms with Crippen LogP contribution in [-0.2, 0) is 4.79 Å². The first-order valence-electron chi connectivity index (χ1n) is 8.95. The minimum atomic E-state index is -0.215. The number of carbonyl (C=O) groups excluding carboxylic acids is 1. The van der Waals surface area contributed by atoms with Crippen LogP contribution in [-0.4, -0.2) is 25.3 Å². The highest BCUT2D eigenvalue weighted by Crippen LogP contribution is 2.26. The predicted octanol–water partition coefficient (Wildman–Crippen LogP) is 4.11. The topological polar surface area (TPSA) is 62.7 Å². The van der Waals surface area contributed by atoms with Crippen LogP contribution in [0.4, 0.5) is 5.69 Å². The predicted molar refractivity (Wildman–Crippen MR) is 111 cm³/mol. The lowest BCUT2D eigenvalue weighted by atomic mass is 10.0. The Hall–Kier alpha value is -3.34. The van der Waals surface area contributed by atoms with E-state index in [9.17, 15) is 4.79 Å². The summed E-state index contributed by atoms with van der Waals surface area (Å²) in [5.41, 5.74) is 5.44. The normalized spacial score (nSPS) is 10.9. The van der Waals surface area contributed by atoms with Crippen LogP contribution in [0, 0.1) is 6.92 Å². The van der Waals surface area contributed by atoms with E-state index in [1.807, 2.05) is 74.5 Å². The molecule has 0 heterocycles. The summed E-state index contributed by atoms with van der Waals surface area (Å²) in [4.78, 5) is 12.1. The van der Waals surface area contributed by atoms with Crippen molar-refractivity contribution in [3.05, 3.63) is 71.8 Å². The number of aryl methyl sites for hydroxylation is 1. The third-order valence-electron chi connectivity index (χ3n) is 4.20. The van der Waals surface area contributed by atoms with Crippen molar-refractivity contribution in [3.63, 3.8) is 0 Å². The summed E-state index contributed by atoms with van der Waals surface area (Å²) in [5, 5.41) is 9.36. The van der Waals surface area contributed by atoms with E-state index in [4.69, 9.17) is 4.74 Å². The number of nitrogens with one attached hydrogen (secondary N) is 2. The summed E-state index contributed by atoms with van der Waals surface area (Å²) in [7, 11) is 0. The van der Waals surface area contributed by atoms with E-state index in [2.05, 4.69) is 15.8 Å². The highest BCUT2D eigenvalue weighted by Gasteiger charge is 2.07. The number of ether oxygens (including phenoxy) is 1. The van der Waals surface area contributed by atoms with Crippen LogP contribution in [0.5, 0.6) is 5.75 Å². The quantitative estimate of drug-likeness (QED) is 0.492. The van der Waals surface area contributed by atoms with Gasteiger partial charge in [-0.3, -0.25) is 4.79 Å². The molecule has 2 N–H and O–H groups in total. The summed E-state index contributed by atoms with van der Waals surface area (Å²) in [6.45, 7) is 4.64. The number of anilines is 1. The number of rotatable bonds is 7. The van der Waals surface area contributed by atoms with Crippen LogP contribution in [0.1, 0.15) is 18.1 Å². The smallest absolute Gasteiger partial charge is 0.259 e. The van der Waals surface area contributed by atoms with Crippen LogP contribution in [0.3, 0.4) is 0 Å². The highest BCUT2D eigenvalue weighted by molar-refractivity contribution is 6.02. The van der Waals surface area contributed by atoms with E-state index < -0.39 is 0 Å². The van der Waals surface area contributed by atoms with Crippen molar-refractivity contribution >= 4 is 28.6 Å². The molecule has 0 bridgehead atoms. The minimum Gasteiger partial charge on any atom is -0.493 e. The van der Waals surface area contributed by atoms with Crippen molar-refractivity contribution in [3.8, 4) is 5.75 Å². The maximum atomic E-state index is 12.1. The number of hydrogen-bond acceptors (Lipinski definition) is 4. The molecule has 0 radical (unpaired) electrons. The summed E-state index contributed by atoms with van der Waals surface area (Å²) in [5.74, 6) is 0.528. The largest absolute Gasteiger partial charge is 0.493 e. The fourth-order valence-corrected chi connectivity index (χ4v) is 2.85. The Morgan fingerprint density at radius 1 is 1.07 bits per heavy atom.